The average Bonchev–Trinajstić information content (AvgIpc) is 1.80. The molecule has 0 aromatic rings. The van der Waals surface area contributed by atoms with Gasteiger partial charge >= 0.3 is 0 Å². The molecule has 48 valence electrons. The van der Waals surface area contributed by atoms with Gasteiger partial charge in [0.15, 0.2) is 11.9 Å². The summed E-state index contributed by atoms with van der Waals surface area (Å²) < 4.78 is 0. The zero-order valence-corrected chi connectivity index (χ0v) is 5.30. The van der Waals surface area contributed by atoms with Gasteiger partial charge in [-0.05, 0) is 0 Å². The molecule has 9 heavy (non-hydrogen) atoms. The third-order valence-electron chi connectivity index (χ3n) is 0.930. The summed E-state index contributed by atoms with van der Waals surface area (Å²) in [6, 6.07) is 0. The van der Waals surface area contributed by atoms with Gasteiger partial charge in [-0.1, -0.05) is 11.6 Å². The molecule has 1 rings (SSSR count). The van der Waals surface area contributed by atoms with Crippen LogP contribution in [0.2, 0.25) is 0 Å². The molecule has 1 heterocycles. The minimum atomic E-state index is -0.743. The van der Waals surface area contributed by atoms with E-state index in [-0.39, 0.29) is 5.78 Å². The Balaban J connectivity index is 2.82. The minimum absolute atomic E-state index is 0.248. The molecule has 0 saturated heterocycles. The number of rotatable bonds is 0. The molecule has 2 N–H and O–H groups in total. The van der Waals surface area contributed by atoms with Crippen LogP contribution in [0.15, 0.2) is 16.1 Å². The van der Waals surface area contributed by atoms with Crippen LogP contribution in [-0.2, 0) is 4.79 Å². The van der Waals surface area contributed by atoms with Gasteiger partial charge in [0, 0.05) is 12.3 Å². The summed E-state index contributed by atoms with van der Waals surface area (Å²) in [4.78, 5) is 14.2. The van der Waals surface area contributed by atoms with E-state index in [1.807, 2.05) is 0 Å². The van der Waals surface area contributed by atoms with Gasteiger partial charge in [0.05, 0.1) is 5.03 Å². The van der Waals surface area contributed by atoms with E-state index in [0.29, 0.717) is 5.03 Å². The van der Waals surface area contributed by atoms with Crippen LogP contribution in [0.25, 0.3) is 0 Å². The lowest BCUT2D eigenvalue weighted by Gasteiger charge is -2.04. The van der Waals surface area contributed by atoms with Gasteiger partial charge in [-0.2, -0.15) is 0 Å². The van der Waals surface area contributed by atoms with Crippen molar-refractivity contribution >= 4 is 23.6 Å². The lowest BCUT2D eigenvalue weighted by Crippen LogP contribution is -2.28. The molecular weight excluding hydrogens is 140 g/mol. The Bertz CT molecular complexity index is 197. The molecule has 3 nitrogen and oxygen atoms in total. The number of nitrogens with zero attached hydrogens (tertiary/aromatic N) is 1. The first kappa shape index (κ1) is 6.45. The predicted octanol–water partition coefficient (Wildman–Crippen LogP) is 0.0474. The summed E-state index contributed by atoms with van der Waals surface area (Å²) in [6.07, 6.45) is 1.89. The number of carbonyl (C=O) groups excluding carboxylic acids is 1. The zero-order valence-electron chi connectivity index (χ0n) is 4.54. The highest BCUT2D eigenvalue weighted by Gasteiger charge is 2.12. The van der Waals surface area contributed by atoms with Gasteiger partial charge < -0.3 is 5.73 Å². The average molecular weight is 145 g/mol. The highest BCUT2D eigenvalue weighted by atomic mass is 35.5. The maximum atomic E-state index is 10.6. The second-order valence-electron chi connectivity index (χ2n) is 1.65. The molecule has 1 atom stereocenters. The molecule has 1 aliphatic heterocycles. The van der Waals surface area contributed by atoms with Crippen molar-refractivity contribution < 1.29 is 4.79 Å². The van der Waals surface area contributed by atoms with Crippen molar-refractivity contribution in [3.05, 3.63) is 11.1 Å². The van der Waals surface area contributed by atoms with E-state index < -0.39 is 6.17 Å². The highest BCUT2D eigenvalue weighted by molar-refractivity contribution is 6.41. The van der Waals surface area contributed by atoms with Crippen molar-refractivity contribution in [1.29, 1.82) is 0 Å². The van der Waals surface area contributed by atoms with Gasteiger partial charge in [0.2, 0.25) is 0 Å². The summed E-state index contributed by atoms with van der Waals surface area (Å²) in [5.41, 5.74) is 5.19. The number of carbonyl (C=O) groups is 1. The van der Waals surface area contributed by atoms with Gasteiger partial charge in [0.25, 0.3) is 0 Å². The maximum Gasteiger partial charge on any atom is 0.195 e. The minimum Gasteiger partial charge on any atom is -0.303 e. The fraction of sp³-hybridized carbons (Fsp3) is 0.200. The largest absolute Gasteiger partial charge is 0.303 e. The van der Waals surface area contributed by atoms with Crippen LogP contribution in [0.4, 0.5) is 0 Å². The molecule has 0 radical (unpaired) electrons. The number of hydrogen-bond acceptors (Lipinski definition) is 3. The number of nitrogens with two attached hydrogens (primary N) is 1. The van der Waals surface area contributed by atoms with Gasteiger partial charge in [-0.15, -0.1) is 0 Å². The Kier molecular flexibility index (Phi) is 1.64. The van der Waals surface area contributed by atoms with Crippen molar-refractivity contribution in [2.45, 2.75) is 6.17 Å². The van der Waals surface area contributed by atoms with Gasteiger partial charge in [0.1, 0.15) is 0 Å². The number of aliphatic imine (C=N–C) groups is 1. The first-order chi connectivity index (χ1) is 4.20. The number of halogens is 1. The van der Waals surface area contributed by atoms with Gasteiger partial charge in [-0.25, -0.2) is 0 Å². The molecule has 1 aliphatic rings. The smallest absolute Gasteiger partial charge is 0.195 e. The molecule has 0 amide bonds. The third-order valence-corrected chi connectivity index (χ3v) is 1.14. The summed E-state index contributed by atoms with van der Waals surface area (Å²) in [5.74, 6) is -0.248. The molecular formula is C5H5ClN2O. The van der Waals surface area contributed by atoms with Crippen LogP contribution in [-0.4, -0.2) is 18.2 Å². The second kappa shape index (κ2) is 2.29. The van der Waals surface area contributed by atoms with Crippen molar-refractivity contribution in [2.24, 2.45) is 10.7 Å². The van der Waals surface area contributed by atoms with E-state index in [1.165, 1.54) is 12.3 Å². The Labute approximate surface area is 57.2 Å². The van der Waals surface area contributed by atoms with E-state index in [4.69, 9.17) is 17.3 Å². The molecule has 1 unspecified atom stereocenters. The molecule has 0 fully saturated rings. The second-order valence-corrected chi connectivity index (χ2v) is 2.09. The summed E-state index contributed by atoms with van der Waals surface area (Å²) in [7, 11) is 0. The van der Waals surface area contributed by atoms with Crippen LogP contribution in [0.1, 0.15) is 0 Å². The molecule has 0 saturated carbocycles. The number of hydrogen-bond donors (Lipinski definition) is 1. The Morgan fingerprint density at radius 1 is 1.78 bits per heavy atom. The summed E-state index contributed by atoms with van der Waals surface area (Å²) >= 11 is 5.41. The summed E-state index contributed by atoms with van der Waals surface area (Å²) in [6.45, 7) is 0. The fourth-order valence-electron chi connectivity index (χ4n) is 0.484. The van der Waals surface area contributed by atoms with Gasteiger partial charge in [-0.3, -0.25) is 9.79 Å². The van der Waals surface area contributed by atoms with Crippen molar-refractivity contribution in [3.8, 4) is 0 Å². The first-order valence-electron chi connectivity index (χ1n) is 2.40. The monoisotopic (exact) mass is 144 g/mol. The van der Waals surface area contributed by atoms with E-state index in [0.717, 1.165) is 0 Å². The topological polar surface area (TPSA) is 55.4 Å². The van der Waals surface area contributed by atoms with E-state index in [2.05, 4.69) is 4.99 Å². The quantitative estimate of drug-likeness (QED) is 0.522. The predicted molar refractivity (Wildman–Crippen MR) is 35.4 cm³/mol. The molecule has 0 aliphatic carbocycles. The fourth-order valence-corrected chi connectivity index (χ4v) is 0.647. The molecule has 4 heteroatoms. The number of dihydropyridines is 1. The standard InChI is InChI=1S/C5H5ClN2O/c6-3-1-4(9)5(7)8-2-3/h1-2,5H,7H2. The lowest BCUT2D eigenvalue weighted by molar-refractivity contribution is -0.115. The Morgan fingerprint density at radius 2 is 2.44 bits per heavy atom. The van der Waals surface area contributed by atoms with E-state index in [1.54, 1.807) is 0 Å². The number of ketones is 1. The molecule has 0 aromatic carbocycles. The SMILES string of the molecule is NC1N=CC(Cl)=CC1=O. The molecule has 0 aromatic heterocycles. The molecule has 0 bridgehead atoms. The Morgan fingerprint density at radius 3 is 2.89 bits per heavy atom. The summed E-state index contributed by atoms with van der Waals surface area (Å²) in [5, 5.41) is 0.335. The van der Waals surface area contributed by atoms with Crippen LogP contribution < -0.4 is 5.73 Å². The number of allylic oxidation sites excluding steroid dienone is 1. The first-order valence-corrected chi connectivity index (χ1v) is 2.78. The normalized spacial score (nSPS) is 26.2. The zero-order chi connectivity index (χ0) is 6.85. The van der Waals surface area contributed by atoms with Crippen LogP contribution >= 0.6 is 11.6 Å². The van der Waals surface area contributed by atoms with Crippen molar-refractivity contribution in [2.75, 3.05) is 0 Å². The lowest BCUT2D eigenvalue weighted by atomic mass is 10.2. The van der Waals surface area contributed by atoms with Crippen molar-refractivity contribution in [3.63, 3.8) is 0 Å². The maximum absolute atomic E-state index is 10.6. The van der Waals surface area contributed by atoms with Crippen LogP contribution in [0.3, 0.4) is 0 Å². The van der Waals surface area contributed by atoms with Crippen LogP contribution in [0, 0.1) is 0 Å². The highest BCUT2D eigenvalue weighted by Crippen LogP contribution is 2.04. The van der Waals surface area contributed by atoms with E-state index >= 15 is 0 Å². The van der Waals surface area contributed by atoms with E-state index in [9.17, 15) is 4.79 Å². The third kappa shape index (κ3) is 1.37. The van der Waals surface area contributed by atoms with Crippen molar-refractivity contribution in [1.82, 2.24) is 0 Å². The molecule has 0 spiro atoms. The van der Waals surface area contributed by atoms with Crippen LogP contribution in [0.5, 0.6) is 0 Å². The Hall–Kier alpha value is -0.670.